The second-order valence-electron chi connectivity index (χ2n) is 4.78. The summed E-state index contributed by atoms with van der Waals surface area (Å²) in [5.41, 5.74) is 8.59. The van der Waals surface area contributed by atoms with Gasteiger partial charge >= 0.3 is 0 Å². The Labute approximate surface area is 113 Å². The molecule has 1 aliphatic rings. The van der Waals surface area contributed by atoms with Gasteiger partial charge in [-0.15, -0.1) is 0 Å². The predicted molar refractivity (Wildman–Crippen MR) is 74.7 cm³/mol. The van der Waals surface area contributed by atoms with E-state index in [4.69, 9.17) is 5.73 Å². The molecule has 0 unspecified atom stereocenters. The molecule has 0 aromatic heterocycles. The Morgan fingerprint density at radius 1 is 1.00 bits per heavy atom. The molecule has 2 aromatic rings. The van der Waals surface area contributed by atoms with Crippen molar-refractivity contribution >= 4 is 9.84 Å². The monoisotopic (exact) mass is 273 g/mol. The smallest absolute Gasteiger partial charge is 0.182 e. The molecule has 3 rings (SSSR count). The largest absolute Gasteiger partial charge is 0.330 e. The minimum absolute atomic E-state index is 0.0512. The van der Waals surface area contributed by atoms with E-state index in [1.165, 1.54) is 0 Å². The SMILES string of the molecule is NC[C@H]1c2ccccc2CS(=O)(=O)c2ccccc21. The first-order chi connectivity index (χ1) is 9.13. The fourth-order valence-corrected chi connectivity index (χ4v) is 4.44. The van der Waals surface area contributed by atoms with E-state index in [0.717, 1.165) is 16.7 Å². The topological polar surface area (TPSA) is 60.2 Å². The maximum absolute atomic E-state index is 12.5. The lowest BCUT2D eigenvalue weighted by molar-refractivity contribution is 0.595. The Morgan fingerprint density at radius 3 is 2.37 bits per heavy atom. The third kappa shape index (κ3) is 1.97. The highest BCUT2D eigenvalue weighted by molar-refractivity contribution is 7.90. The summed E-state index contributed by atoms with van der Waals surface area (Å²) in [5.74, 6) is 0.00104. The number of nitrogens with two attached hydrogens (primary N) is 1. The predicted octanol–water partition coefficient (Wildman–Crippen LogP) is 2.06. The van der Waals surface area contributed by atoms with E-state index >= 15 is 0 Å². The molecule has 0 amide bonds. The van der Waals surface area contributed by atoms with Crippen LogP contribution in [-0.4, -0.2) is 15.0 Å². The minimum Gasteiger partial charge on any atom is -0.330 e. The standard InChI is InChI=1S/C15H15NO2S/c16-9-14-12-6-2-1-5-11(12)10-19(17,18)15-8-4-3-7-13(14)15/h1-8,14H,9-10,16H2/t14-/m0/s1. The lowest BCUT2D eigenvalue weighted by Gasteiger charge is -2.17. The van der Waals surface area contributed by atoms with Gasteiger partial charge in [0.05, 0.1) is 10.6 Å². The quantitative estimate of drug-likeness (QED) is 0.865. The molecule has 2 N–H and O–H groups in total. The third-order valence-corrected chi connectivity index (χ3v) is 5.37. The van der Waals surface area contributed by atoms with Crippen molar-refractivity contribution in [3.8, 4) is 0 Å². The molecule has 0 saturated heterocycles. The average Bonchev–Trinajstić information content (AvgIpc) is 2.50. The number of rotatable bonds is 1. The lowest BCUT2D eigenvalue weighted by atomic mass is 9.89. The molecule has 1 heterocycles. The van der Waals surface area contributed by atoms with Crippen molar-refractivity contribution in [2.24, 2.45) is 5.73 Å². The van der Waals surface area contributed by atoms with Gasteiger partial charge in [0.2, 0.25) is 0 Å². The molecule has 0 aliphatic carbocycles. The molecule has 3 nitrogen and oxygen atoms in total. The number of fused-ring (bicyclic) bond motifs is 2. The fourth-order valence-electron chi connectivity index (χ4n) is 2.76. The van der Waals surface area contributed by atoms with Crippen LogP contribution in [0.2, 0.25) is 0 Å². The molecule has 0 radical (unpaired) electrons. The molecule has 1 aliphatic heterocycles. The molecule has 0 fully saturated rings. The van der Waals surface area contributed by atoms with E-state index in [1.54, 1.807) is 12.1 Å². The van der Waals surface area contributed by atoms with Gasteiger partial charge in [0.1, 0.15) is 0 Å². The molecule has 98 valence electrons. The van der Waals surface area contributed by atoms with E-state index in [9.17, 15) is 8.42 Å². The number of hydrogen-bond acceptors (Lipinski definition) is 3. The highest BCUT2D eigenvalue weighted by atomic mass is 32.2. The summed E-state index contributed by atoms with van der Waals surface area (Å²) >= 11 is 0. The van der Waals surface area contributed by atoms with E-state index < -0.39 is 9.84 Å². The van der Waals surface area contributed by atoms with Crippen LogP contribution in [0.1, 0.15) is 22.6 Å². The number of benzene rings is 2. The van der Waals surface area contributed by atoms with Gasteiger partial charge in [-0.3, -0.25) is 0 Å². The van der Waals surface area contributed by atoms with Gasteiger partial charge in [0.15, 0.2) is 9.84 Å². The van der Waals surface area contributed by atoms with Gasteiger partial charge in [-0.2, -0.15) is 0 Å². The molecular weight excluding hydrogens is 258 g/mol. The molecule has 2 aromatic carbocycles. The van der Waals surface area contributed by atoms with Crippen molar-refractivity contribution in [2.75, 3.05) is 6.54 Å². The van der Waals surface area contributed by atoms with Gasteiger partial charge in [0.25, 0.3) is 0 Å². The van der Waals surface area contributed by atoms with Crippen LogP contribution in [0.15, 0.2) is 53.4 Å². The van der Waals surface area contributed by atoms with Gasteiger partial charge in [-0.05, 0) is 22.8 Å². The van der Waals surface area contributed by atoms with Gasteiger partial charge in [-0.1, -0.05) is 42.5 Å². The molecule has 0 bridgehead atoms. The van der Waals surface area contributed by atoms with Crippen molar-refractivity contribution in [1.82, 2.24) is 0 Å². The zero-order chi connectivity index (χ0) is 13.5. The first kappa shape index (κ1) is 12.4. The van der Waals surface area contributed by atoms with Crippen molar-refractivity contribution in [1.29, 1.82) is 0 Å². The first-order valence-electron chi connectivity index (χ1n) is 6.23. The van der Waals surface area contributed by atoms with Crippen molar-refractivity contribution in [3.05, 3.63) is 65.2 Å². The third-order valence-electron chi connectivity index (χ3n) is 3.64. The summed E-state index contributed by atoms with van der Waals surface area (Å²) in [4.78, 5) is 0.418. The van der Waals surface area contributed by atoms with Crippen LogP contribution in [0.3, 0.4) is 0 Å². The van der Waals surface area contributed by atoms with E-state index in [0.29, 0.717) is 11.4 Å². The highest BCUT2D eigenvalue weighted by Gasteiger charge is 2.30. The van der Waals surface area contributed by atoms with Crippen molar-refractivity contribution in [3.63, 3.8) is 0 Å². The summed E-state index contributed by atoms with van der Waals surface area (Å²) < 4.78 is 25.0. The molecule has 0 saturated carbocycles. The summed E-state index contributed by atoms with van der Waals surface area (Å²) in [6.07, 6.45) is 0. The minimum atomic E-state index is -3.29. The molecular formula is C15H15NO2S. The van der Waals surface area contributed by atoms with Crippen LogP contribution < -0.4 is 5.73 Å². The van der Waals surface area contributed by atoms with Crippen molar-refractivity contribution < 1.29 is 8.42 Å². The Balaban J connectivity index is 2.35. The van der Waals surface area contributed by atoms with E-state index in [-0.39, 0.29) is 11.7 Å². The summed E-state index contributed by atoms with van der Waals surface area (Å²) in [5, 5.41) is 0. The van der Waals surface area contributed by atoms with Crippen LogP contribution in [0.5, 0.6) is 0 Å². The van der Waals surface area contributed by atoms with Crippen LogP contribution in [-0.2, 0) is 15.6 Å². The number of hydrogen-bond donors (Lipinski definition) is 1. The van der Waals surface area contributed by atoms with Crippen LogP contribution in [0, 0.1) is 0 Å². The molecule has 19 heavy (non-hydrogen) atoms. The maximum Gasteiger partial charge on any atom is 0.182 e. The zero-order valence-corrected chi connectivity index (χ0v) is 11.2. The summed E-state index contributed by atoms with van der Waals surface area (Å²) in [6, 6.07) is 14.8. The molecule has 0 spiro atoms. The summed E-state index contributed by atoms with van der Waals surface area (Å²) in [6.45, 7) is 0.406. The highest BCUT2D eigenvalue weighted by Crippen LogP contribution is 2.36. The second-order valence-corrected chi connectivity index (χ2v) is 6.74. The zero-order valence-electron chi connectivity index (χ0n) is 10.4. The lowest BCUT2D eigenvalue weighted by Crippen LogP contribution is -2.15. The summed E-state index contributed by atoms with van der Waals surface area (Å²) in [7, 11) is -3.29. The fraction of sp³-hybridized carbons (Fsp3) is 0.200. The van der Waals surface area contributed by atoms with Gasteiger partial charge in [0, 0.05) is 12.5 Å². The van der Waals surface area contributed by atoms with Crippen molar-refractivity contribution in [2.45, 2.75) is 16.6 Å². The molecule has 4 heteroatoms. The van der Waals surface area contributed by atoms with Crippen LogP contribution in [0.4, 0.5) is 0 Å². The van der Waals surface area contributed by atoms with Crippen LogP contribution in [0.25, 0.3) is 0 Å². The Hall–Kier alpha value is -1.65. The Morgan fingerprint density at radius 2 is 1.63 bits per heavy atom. The maximum atomic E-state index is 12.5. The van der Waals surface area contributed by atoms with Crippen LogP contribution >= 0.6 is 0 Å². The van der Waals surface area contributed by atoms with E-state index in [1.807, 2.05) is 36.4 Å². The molecule has 1 atom stereocenters. The van der Waals surface area contributed by atoms with Gasteiger partial charge in [-0.25, -0.2) is 8.42 Å². The average molecular weight is 273 g/mol. The normalized spacial score (nSPS) is 20.2. The second kappa shape index (κ2) is 4.47. The van der Waals surface area contributed by atoms with E-state index in [2.05, 4.69) is 0 Å². The Bertz CT molecular complexity index is 722. The number of sulfone groups is 1. The van der Waals surface area contributed by atoms with Gasteiger partial charge < -0.3 is 5.73 Å². The Kier molecular flexibility index (Phi) is 2.92. The first-order valence-corrected chi connectivity index (χ1v) is 7.88.